The van der Waals surface area contributed by atoms with Gasteiger partial charge in [0.25, 0.3) is 0 Å². The van der Waals surface area contributed by atoms with Gasteiger partial charge < -0.3 is 9.68 Å². The van der Waals surface area contributed by atoms with Gasteiger partial charge >= 0.3 is 7.69 Å². The SMILES string of the molecule is Cn1nccc1-c1cc(Cl)ccc1OBO. The Morgan fingerprint density at radius 3 is 2.88 bits per heavy atom. The molecule has 1 aromatic heterocycles. The second-order valence-corrected chi connectivity index (χ2v) is 3.69. The van der Waals surface area contributed by atoms with Gasteiger partial charge in [0.1, 0.15) is 5.75 Å². The lowest BCUT2D eigenvalue weighted by Gasteiger charge is -2.10. The number of rotatable bonds is 3. The Morgan fingerprint density at radius 2 is 2.25 bits per heavy atom. The van der Waals surface area contributed by atoms with Crippen LogP contribution in [0.5, 0.6) is 5.75 Å². The Labute approximate surface area is 98.7 Å². The third-order valence-electron chi connectivity index (χ3n) is 2.26. The minimum absolute atomic E-state index is 0.369. The molecule has 0 bridgehead atoms. The van der Waals surface area contributed by atoms with Crippen molar-refractivity contribution in [2.24, 2.45) is 7.05 Å². The third kappa shape index (κ3) is 2.05. The van der Waals surface area contributed by atoms with Crippen LogP contribution in [0.1, 0.15) is 0 Å². The van der Waals surface area contributed by atoms with Crippen molar-refractivity contribution >= 4 is 19.3 Å². The lowest BCUT2D eigenvalue weighted by atomic mass is 10.1. The van der Waals surface area contributed by atoms with Crippen LogP contribution in [0.15, 0.2) is 30.5 Å². The summed E-state index contributed by atoms with van der Waals surface area (Å²) in [5.41, 5.74) is 1.69. The zero-order valence-electron chi connectivity index (χ0n) is 8.72. The second kappa shape index (κ2) is 4.59. The van der Waals surface area contributed by atoms with Crippen LogP contribution in [0.25, 0.3) is 11.3 Å². The van der Waals surface area contributed by atoms with Crippen LogP contribution >= 0.6 is 11.6 Å². The highest BCUT2D eigenvalue weighted by Gasteiger charge is 2.10. The molecule has 2 rings (SSSR count). The molecule has 0 unspecified atom stereocenters. The number of hydrogen-bond acceptors (Lipinski definition) is 3. The first kappa shape index (κ1) is 11.0. The van der Waals surface area contributed by atoms with E-state index in [1.54, 1.807) is 29.1 Å². The first-order valence-corrected chi connectivity index (χ1v) is 5.12. The topological polar surface area (TPSA) is 47.3 Å². The number of benzene rings is 1. The molecule has 0 atom stereocenters. The summed E-state index contributed by atoms with van der Waals surface area (Å²) in [5.74, 6) is 0.579. The predicted molar refractivity (Wildman–Crippen MR) is 63.6 cm³/mol. The molecule has 2 aromatic rings. The highest BCUT2D eigenvalue weighted by molar-refractivity contribution is 6.31. The number of aryl methyl sites for hydroxylation is 1. The molecule has 0 aliphatic carbocycles. The van der Waals surface area contributed by atoms with Crippen LogP contribution in [-0.2, 0) is 7.05 Å². The van der Waals surface area contributed by atoms with Crippen molar-refractivity contribution in [2.45, 2.75) is 0 Å². The van der Waals surface area contributed by atoms with Crippen molar-refractivity contribution in [1.29, 1.82) is 0 Å². The standard InChI is InChI=1S/C10H10BClN2O2/c1-14-9(4-5-13-14)8-6-7(12)2-3-10(8)16-11-15/h2-6,11,15H,1H3. The molecule has 0 saturated heterocycles. The summed E-state index contributed by atoms with van der Waals surface area (Å²) in [4.78, 5) is 0. The lowest BCUT2D eigenvalue weighted by molar-refractivity contribution is 0.454. The first-order valence-electron chi connectivity index (χ1n) is 4.74. The van der Waals surface area contributed by atoms with Crippen LogP contribution in [-0.4, -0.2) is 22.5 Å². The molecule has 1 aromatic carbocycles. The summed E-state index contributed by atoms with van der Waals surface area (Å²) in [7, 11) is 1.46. The fourth-order valence-electron chi connectivity index (χ4n) is 1.54. The maximum Gasteiger partial charge on any atom is 0.504 e. The van der Waals surface area contributed by atoms with Crippen LogP contribution in [0.2, 0.25) is 5.02 Å². The van der Waals surface area contributed by atoms with Gasteiger partial charge in [-0.3, -0.25) is 4.68 Å². The van der Waals surface area contributed by atoms with Crippen LogP contribution in [0.4, 0.5) is 0 Å². The Morgan fingerprint density at radius 1 is 1.44 bits per heavy atom. The minimum atomic E-state index is -0.369. The number of nitrogens with zero attached hydrogens (tertiary/aromatic N) is 2. The van der Waals surface area contributed by atoms with Crippen LogP contribution < -0.4 is 4.65 Å². The largest absolute Gasteiger partial charge is 0.538 e. The van der Waals surface area contributed by atoms with Gasteiger partial charge in [0.15, 0.2) is 0 Å². The van der Waals surface area contributed by atoms with Crippen molar-refractivity contribution < 1.29 is 9.68 Å². The number of halogens is 1. The monoisotopic (exact) mass is 236 g/mol. The Balaban J connectivity index is 2.53. The zero-order valence-corrected chi connectivity index (χ0v) is 9.48. The summed E-state index contributed by atoms with van der Waals surface area (Å²) < 4.78 is 6.84. The normalized spacial score (nSPS) is 10.2. The van der Waals surface area contributed by atoms with Gasteiger partial charge in [0, 0.05) is 23.8 Å². The van der Waals surface area contributed by atoms with E-state index in [0.29, 0.717) is 10.8 Å². The molecule has 0 amide bonds. The number of hydrogen-bond donors (Lipinski definition) is 1. The van der Waals surface area contributed by atoms with Gasteiger partial charge in [0.2, 0.25) is 0 Å². The quantitative estimate of drug-likeness (QED) is 0.819. The molecular formula is C10H10BClN2O2. The molecule has 82 valence electrons. The molecule has 0 aliphatic heterocycles. The number of aromatic nitrogens is 2. The van der Waals surface area contributed by atoms with E-state index in [4.69, 9.17) is 21.3 Å². The van der Waals surface area contributed by atoms with Crippen molar-refractivity contribution in [2.75, 3.05) is 0 Å². The summed E-state index contributed by atoms with van der Waals surface area (Å²) in [6.45, 7) is 0. The van der Waals surface area contributed by atoms with E-state index >= 15 is 0 Å². The molecule has 0 fully saturated rings. The van der Waals surface area contributed by atoms with Crippen LogP contribution in [0, 0.1) is 0 Å². The molecule has 4 nitrogen and oxygen atoms in total. The van der Waals surface area contributed by atoms with Gasteiger partial charge in [-0.25, -0.2) is 0 Å². The van der Waals surface area contributed by atoms with E-state index in [0.717, 1.165) is 11.3 Å². The van der Waals surface area contributed by atoms with Gasteiger partial charge in [-0.15, -0.1) is 0 Å². The zero-order chi connectivity index (χ0) is 11.5. The molecule has 0 aliphatic rings. The molecule has 1 heterocycles. The summed E-state index contributed by atoms with van der Waals surface area (Å²) in [5, 5.41) is 13.5. The van der Waals surface area contributed by atoms with Crippen molar-refractivity contribution in [3.63, 3.8) is 0 Å². The van der Waals surface area contributed by atoms with Crippen molar-refractivity contribution in [3.8, 4) is 17.0 Å². The fraction of sp³-hybridized carbons (Fsp3) is 0.100. The Bertz CT molecular complexity index is 501. The summed E-state index contributed by atoms with van der Waals surface area (Å²) in [6.07, 6.45) is 1.69. The summed E-state index contributed by atoms with van der Waals surface area (Å²) >= 11 is 5.94. The lowest BCUT2D eigenvalue weighted by Crippen LogP contribution is -2.02. The third-order valence-corrected chi connectivity index (χ3v) is 2.49. The van der Waals surface area contributed by atoms with E-state index in [2.05, 4.69) is 5.10 Å². The van der Waals surface area contributed by atoms with Crippen molar-refractivity contribution in [1.82, 2.24) is 9.78 Å². The van der Waals surface area contributed by atoms with Crippen molar-refractivity contribution in [3.05, 3.63) is 35.5 Å². The van der Waals surface area contributed by atoms with Gasteiger partial charge in [-0.2, -0.15) is 5.10 Å². The molecule has 0 radical (unpaired) electrons. The molecule has 0 spiro atoms. The van der Waals surface area contributed by atoms with Gasteiger partial charge in [-0.1, -0.05) is 11.6 Å². The van der Waals surface area contributed by atoms with Gasteiger partial charge in [-0.05, 0) is 24.3 Å². The second-order valence-electron chi connectivity index (χ2n) is 3.25. The average molecular weight is 236 g/mol. The average Bonchev–Trinajstić information content (AvgIpc) is 2.67. The molecule has 0 saturated carbocycles. The minimum Gasteiger partial charge on any atom is -0.538 e. The predicted octanol–water partition coefficient (Wildman–Crippen LogP) is 1.38. The maximum absolute atomic E-state index is 8.80. The highest BCUT2D eigenvalue weighted by Crippen LogP contribution is 2.31. The smallest absolute Gasteiger partial charge is 0.504 e. The first-order chi connectivity index (χ1) is 7.72. The van der Waals surface area contributed by atoms with E-state index in [9.17, 15) is 0 Å². The molecule has 1 N–H and O–H groups in total. The fourth-order valence-corrected chi connectivity index (χ4v) is 1.71. The highest BCUT2D eigenvalue weighted by atomic mass is 35.5. The van der Waals surface area contributed by atoms with Crippen LogP contribution in [0.3, 0.4) is 0 Å². The molecule has 6 heteroatoms. The van der Waals surface area contributed by atoms with E-state index in [-0.39, 0.29) is 7.69 Å². The Kier molecular flexibility index (Phi) is 3.17. The van der Waals surface area contributed by atoms with Gasteiger partial charge in [0.05, 0.1) is 5.69 Å². The van der Waals surface area contributed by atoms with E-state index in [1.807, 2.05) is 13.1 Å². The molecule has 16 heavy (non-hydrogen) atoms. The maximum atomic E-state index is 8.80. The summed E-state index contributed by atoms with van der Waals surface area (Å²) in [6, 6.07) is 7.08. The Hall–Kier alpha value is -1.46. The van der Waals surface area contributed by atoms with E-state index in [1.165, 1.54) is 0 Å². The molecular weight excluding hydrogens is 226 g/mol. The van der Waals surface area contributed by atoms with E-state index < -0.39 is 0 Å².